The maximum atomic E-state index is 11.8. The molecule has 0 aromatic carbocycles. The van der Waals surface area contributed by atoms with Crippen LogP contribution in [0.25, 0.3) is 0 Å². The Balaban J connectivity index is 2.14. The van der Waals surface area contributed by atoms with Gasteiger partial charge in [-0.3, -0.25) is 4.79 Å². The molecular formula is C11H20N2O. The molecule has 2 fully saturated rings. The van der Waals surface area contributed by atoms with E-state index in [1.165, 1.54) is 0 Å². The molecule has 1 aliphatic heterocycles. The van der Waals surface area contributed by atoms with Crippen LogP contribution >= 0.6 is 0 Å². The van der Waals surface area contributed by atoms with E-state index >= 15 is 0 Å². The number of nitrogens with two attached hydrogens (primary N) is 1. The summed E-state index contributed by atoms with van der Waals surface area (Å²) in [5, 5.41) is 0. The molecule has 0 aromatic rings. The van der Waals surface area contributed by atoms with Crippen LogP contribution in [0.3, 0.4) is 0 Å². The predicted octanol–water partition coefficient (Wildman–Crippen LogP) is 1.12. The Hall–Kier alpha value is -0.570. The number of carbonyl (C=O) groups excluding carboxylic acids is 1. The van der Waals surface area contributed by atoms with Gasteiger partial charge in [0, 0.05) is 24.5 Å². The lowest BCUT2D eigenvalue weighted by Gasteiger charge is -2.36. The van der Waals surface area contributed by atoms with Crippen LogP contribution < -0.4 is 5.73 Å². The first kappa shape index (κ1) is 9.97. The maximum absolute atomic E-state index is 11.8. The highest BCUT2D eigenvalue weighted by Crippen LogP contribution is 2.37. The lowest BCUT2D eigenvalue weighted by Crippen LogP contribution is -2.45. The average molecular weight is 196 g/mol. The number of hydrogen-bond donors (Lipinski definition) is 1. The number of rotatable bonds is 1. The zero-order valence-electron chi connectivity index (χ0n) is 9.07. The third-order valence-corrected chi connectivity index (χ3v) is 3.64. The van der Waals surface area contributed by atoms with Crippen LogP contribution in [0, 0.1) is 5.92 Å². The molecule has 1 saturated heterocycles. The fourth-order valence-corrected chi connectivity index (χ4v) is 3.01. The molecule has 3 nitrogen and oxygen atoms in total. The van der Waals surface area contributed by atoms with Crippen LogP contribution in [0.15, 0.2) is 0 Å². The monoisotopic (exact) mass is 196 g/mol. The Morgan fingerprint density at radius 1 is 1.43 bits per heavy atom. The van der Waals surface area contributed by atoms with Crippen LogP contribution in [0.1, 0.15) is 39.5 Å². The minimum absolute atomic E-state index is 0.309. The fraction of sp³-hybridized carbons (Fsp3) is 0.909. The van der Waals surface area contributed by atoms with Gasteiger partial charge < -0.3 is 10.6 Å². The number of fused-ring (bicyclic) bond motifs is 1. The molecule has 1 amide bonds. The van der Waals surface area contributed by atoms with Crippen molar-refractivity contribution in [2.75, 3.05) is 0 Å². The first-order valence-electron chi connectivity index (χ1n) is 5.66. The lowest BCUT2D eigenvalue weighted by molar-refractivity contribution is -0.130. The van der Waals surface area contributed by atoms with Crippen molar-refractivity contribution in [1.82, 2.24) is 4.90 Å². The molecule has 1 aliphatic carbocycles. The van der Waals surface area contributed by atoms with Crippen molar-refractivity contribution >= 4 is 5.91 Å². The summed E-state index contributed by atoms with van der Waals surface area (Å²) in [5.41, 5.74) is 5.96. The van der Waals surface area contributed by atoms with Gasteiger partial charge in [0.2, 0.25) is 5.91 Å². The number of amides is 1. The Kier molecular flexibility index (Phi) is 2.52. The first-order chi connectivity index (χ1) is 6.59. The van der Waals surface area contributed by atoms with E-state index < -0.39 is 0 Å². The molecule has 0 bridgehead atoms. The van der Waals surface area contributed by atoms with Crippen LogP contribution in [0.2, 0.25) is 0 Å². The van der Waals surface area contributed by atoms with Gasteiger partial charge in [0.05, 0.1) is 0 Å². The largest absolute Gasteiger partial charge is 0.337 e. The highest BCUT2D eigenvalue weighted by Gasteiger charge is 2.43. The second-order valence-corrected chi connectivity index (χ2v) is 5.00. The van der Waals surface area contributed by atoms with Crippen molar-refractivity contribution in [2.45, 2.75) is 57.7 Å². The van der Waals surface area contributed by atoms with Gasteiger partial charge in [-0.05, 0) is 39.0 Å². The summed E-state index contributed by atoms with van der Waals surface area (Å²) in [5.74, 6) is 0.925. The van der Waals surface area contributed by atoms with Gasteiger partial charge in [-0.15, -0.1) is 0 Å². The summed E-state index contributed by atoms with van der Waals surface area (Å²) < 4.78 is 0. The highest BCUT2D eigenvalue weighted by atomic mass is 16.2. The highest BCUT2D eigenvalue weighted by molar-refractivity contribution is 5.79. The zero-order chi connectivity index (χ0) is 10.3. The summed E-state index contributed by atoms with van der Waals surface area (Å²) in [4.78, 5) is 13.8. The molecule has 0 radical (unpaired) electrons. The van der Waals surface area contributed by atoms with Gasteiger partial charge >= 0.3 is 0 Å². The standard InChI is InChI=1S/C11H20N2O/c1-7(2)13-10-6-9(12)4-3-8(10)5-11(13)14/h7-10H,3-6,12H2,1-2H3. The Bertz CT molecular complexity index is 239. The molecule has 14 heavy (non-hydrogen) atoms. The van der Waals surface area contributed by atoms with E-state index in [0.29, 0.717) is 30.0 Å². The molecule has 2 rings (SSSR count). The second kappa shape index (κ2) is 3.54. The Labute approximate surface area is 85.6 Å². The van der Waals surface area contributed by atoms with Crippen molar-refractivity contribution in [3.8, 4) is 0 Å². The van der Waals surface area contributed by atoms with Gasteiger partial charge in [0.1, 0.15) is 0 Å². The van der Waals surface area contributed by atoms with Crippen molar-refractivity contribution in [1.29, 1.82) is 0 Å². The van der Waals surface area contributed by atoms with Gasteiger partial charge in [0.15, 0.2) is 0 Å². The van der Waals surface area contributed by atoms with E-state index in [0.717, 1.165) is 25.7 Å². The molecular weight excluding hydrogens is 176 g/mol. The molecule has 3 heteroatoms. The summed E-state index contributed by atoms with van der Waals surface area (Å²) in [7, 11) is 0. The summed E-state index contributed by atoms with van der Waals surface area (Å²) in [6.45, 7) is 4.20. The number of hydrogen-bond acceptors (Lipinski definition) is 2. The average Bonchev–Trinajstić information content (AvgIpc) is 2.40. The lowest BCUT2D eigenvalue weighted by atomic mass is 9.82. The minimum atomic E-state index is 0.309. The van der Waals surface area contributed by atoms with E-state index in [2.05, 4.69) is 18.7 Å². The molecule has 3 unspecified atom stereocenters. The fourth-order valence-electron chi connectivity index (χ4n) is 3.01. The molecule has 1 heterocycles. The minimum Gasteiger partial charge on any atom is -0.337 e. The molecule has 1 saturated carbocycles. The van der Waals surface area contributed by atoms with E-state index in [-0.39, 0.29) is 0 Å². The second-order valence-electron chi connectivity index (χ2n) is 5.00. The number of nitrogens with zero attached hydrogens (tertiary/aromatic N) is 1. The van der Waals surface area contributed by atoms with Crippen molar-refractivity contribution < 1.29 is 4.79 Å². The molecule has 80 valence electrons. The zero-order valence-corrected chi connectivity index (χ0v) is 9.07. The molecule has 3 atom stereocenters. The van der Waals surface area contributed by atoms with E-state index in [1.54, 1.807) is 0 Å². The smallest absolute Gasteiger partial charge is 0.223 e. The van der Waals surface area contributed by atoms with E-state index in [4.69, 9.17) is 5.73 Å². The summed E-state index contributed by atoms with van der Waals surface area (Å²) in [6.07, 6.45) is 4.01. The Morgan fingerprint density at radius 3 is 2.79 bits per heavy atom. The third kappa shape index (κ3) is 1.54. The van der Waals surface area contributed by atoms with Gasteiger partial charge in [-0.2, -0.15) is 0 Å². The third-order valence-electron chi connectivity index (χ3n) is 3.64. The first-order valence-corrected chi connectivity index (χ1v) is 5.66. The topological polar surface area (TPSA) is 46.3 Å². The SMILES string of the molecule is CC(C)N1C(=O)CC2CCC(N)CC21. The van der Waals surface area contributed by atoms with Crippen molar-refractivity contribution in [3.63, 3.8) is 0 Å². The summed E-state index contributed by atoms with van der Waals surface area (Å²) in [6, 6.07) is 1.08. The summed E-state index contributed by atoms with van der Waals surface area (Å²) >= 11 is 0. The number of likely N-dealkylation sites (tertiary alicyclic amines) is 1. The normalized spacial score (nSPS) is 37.9. The molecule has 2 N–H and O–H groups in total. The van der Waals surface area contributed by atoms with Crippen molar-refractivity contribution in [3.05, 3.63) is 0 Å². The Morgan fingerprint density at radius 2 is 2.14 bits per heavy atom. The van der Waals surface area contributed by atoms with Crippen molar-refractivity contribution in [2.24, 2.45) is 11.7 Å². The maximum Gasteiger partial charge on any atom is 0.223 e. The van der Waals surface area contributed by atoms with Gasteiger partial charge in [0.25, 0.3) is 0 Å². The van der Waals surface area contributed by atoms with Crippen LogP contribution in [-0.2, 0) is 4.79 Å². The quantitative estimate of drug-likeness (QED) is 0.683. The number of carbonyl (C=O) groups is 1. The van der Waals surface area contributed by atoms with E-state index in [1.807, 2.05) is 0 Å². The van der Waals surface area contributed by atoms with Crippen LogP contribution in [0.4, 0.5) is 0 Å². The van der Waals surface area contributed by atoms with Crippen LogP contribution in [0.5, 0.6) is 0 Å². The molecule has 0 spiro atoms. The molecule has 0 aromatic heterocycles. The van der Waals surface area contributed by atoms with E-state index in [9.17, 15) is 4.79 Å². The predicted molar refractivity (Wildman–Crippen MR) is 55.7 cm³/mol. The van der Waals surface area contributed by atoms with Gasteiger partial charge in [-0.25, -0.2) is 0 Å². The molecule has 2 aliphatic rings. The van der Waals surface area contributed by atoms with Crippen LogP contribution in [-0.4, -0.2) is 28.9 Å². The van der Waals surface area contributed by atoms with Gasteiger partial charge in [-0.1, -0.05) is 0 Å².